The highest BCUT2D eigenvalue weighted by molar-refractivity contribution is 7.89. The minimum absolute atomic E-state index is 0.0456. The van der Waals surface area contributed by atoms with Gasteiger partial charge in [0.25, 0.3) is 5.91 Å². The van der Waals surface area contributed by atoms with Crippen molar-refractivity contribution in [3.05, 3.63) is 65.5 Å². The molecule has 1 atom stereocenters. The van der Waals surface area contributed by atoms with Gasteiger partial charge in [-0.1, -0.05) is 12.1 Å². The summed E-state index contributed by atoms with van der Waals surface area (Å²) in [6.45, 7) is 1.21. The molecule has 144 valence electrons. The minimum atomic E-state index is -3.73. The summed E-state index contributed by atoms with van der Waals surface area (Å²) in [7, 11) is -3.73. The number of sulfonamides is 1. The highest BCUT2D eigenvalue weighted by Gasteiger charge is 2.18. The molecule has 1 amide bonds. The zero-order chi connectivity index (χ0) is 19.3. The van der Waals surface area contributed by atoms with Crippen molar-refractivity contribution in [1.82, 2.24) is 10.0 Å². The van der Waals surface area contributed by atoms with E-state index in [1.807, 2.05) is 0 Å². The summed E-state index contributed by atoms with van der Waals surface area (Å²) < 4.78 is 45.5. The van der Waals surface area contributed by atoms with Crippen LogP contribution in [-0.2, 0) is 21.3 Å². The lowest BCUT2D eigenvalue weighted by Crippen LogP contribution is -2.31. The summed E-state index contributed by atoms with van der Waals surface area (Å²) in [6.07, 6.45) is 1.97. The Morgan fingerprint density at radius 3 is 2.44 bits per heavy atom. The number of carbonyl (C=O) groups is 1. The molecular formula is C19H21FN2O4S. The fourth-order valence-electron chi connectivity index (χ4n) is 2.76. The van der Waals surface area contributed by atoms with Crippen LogP contribution in [0.2, 0.25) is 0 Å². The van der Waals surface area contributed by atoms with Crippen LogP contribution in [0.1, 0.15) is 28.8 Å². The van der Waals surface area contributed by atoms with Gasteiger partial charge in [-0.3, -0.25) is 4.79 Å². The molecule has 2 aromatic carbocycles. The topological polar surface area (TPSA) is 84.5 Å². The largest absolute Gasteiger partial charge is 0.376 e. The first-order valence-electron chi connectivity index (χ1n) is 8.68. The summed E-state index contributed by atoms with van der Waals surface area (Å²) >= 11 is 0. The highest BCUT2D eigenvalue weighted by Crippen LogP contribution is 2.13. The highest BCUT2D eigenvalue weighted by atomic mass is 32.2. The van der Waals surface area contributed by atoms with Gasteiger partial charge in [0.1, 0.15) is 5.82 Å². The molecule has 0 bridgehead atoms. The van der Waals surface area contributed by atoms with Gasteiger partial charge in [-0.2, -0.15) is 0 Å². The molecule has 3 rings (SSSR count). The van der Waals surface area contributed by atoms with Crippen molar-refractivity contribution in [3.8, 4) is 0 Å². The van der Waals surface area contributed by atoms with Crippen molar-refractivity contribution < 1.29 is 22.3 Å². The fourth-order valence-corrected chi connectivity index (χ4v) is 3.78. The van der Waals surface area contributed by atoms with Gasteiger partial charge in [0.15, 0.2) is 0 Å². The number of hydrogen-bond acceptors (Lipinski definition) is 4. The normalized spacial score (nSPS) is 17.0. The summed E-state index contributed by atoms with van der Waals surface area (Å²) in [5.41, 5.74) is 1.02. The first-order valence-corrected chi connectivity index (χ1v) is 10.2. The number of hydrogen-bond donors (Lipinski definition) is 2. The third kappa shape index (κ3) is 5.35. The molecule has 1 aliphatic rings. The van der Waals surface area contributed by atoms with E-state index in [0.717, 1.165) is 19.4 Å². The number of nitrogens with one attached hydrogen (secondary N) is 2. The van der Waals surface area contributed by atoms with Gasteiger partial charge >= 0.3 is 0 Å². The van der Waals surface area contributed by atoms with Crippen LogP contribution in [-0.4, -0.2) is 33.6 Å². The lowest BCUT2D eigenvalue weighted by molar-refractivity contribution is 0.0857. The van der Waals surface area contributed by atoms with E-state index in [1.54, 1.807) is 0 Å². The van der Waals surface area contributed by atoms with Crippen molar-refractivity contribution in [2.75, 3.05) is 13.2 Å². The minimum Gasteiger partial charge on any atom is -0.376 e. The van der Waals surface area contributed by atoms with E-state index in [4.69, 9.17) is 4.74 Å². The Balaban J connectivity index is 1.57. The van der Waals surface area contributed by atoms with Crippen LogP contribution in [0.3, 0.4) is 0 Å². The molecule has 1 aliphatic heterocycles. The second-order valence-electron chi connectivity index (χ2n) is 6.32. The van der Waals surface area contributed by atoms with E-state index >= 15 is 0 Å². The van der Waals surface area contributed by atoms with Crippen LogP contribution >= 0.6 is 0 Å². The van der Waals surface area contributed by atoms with Gasteiger partial charge in [-0.15, -0.1) is 0 Å². The zero-order valence-corrected chi connectivity index (χ0v) is 15.5. The number of carbonyl (C=O) groups excluding carboxylic acids is 1. The maximum Gasteiger partial charge on any atom is 0.251 e. The first-order chi connectivity index (χ1) is 12.9. The smallest absolute Gasteiger partial charge is 0.251 e. The average molecular weight is 392 g/mol. The summed E-state index contributed by atoms with van der Waals surface area (Å²) in [5, 5.41) is 2.79. The van der Waals surface area contributed by atoms with E-state index in [1.165, 1.54) is 48.5 Å². The first kappa shape index (κ1) is 19.5. The Hall–Kier alpha value is -2.29. The van der Waals surface area contributed by atoms with Gasteiger partial charge in [-0.25, -0.2) is 17.5 Å². The van der Waals surface area contributed by atoms with Gasteiger partial charge in [0.2, 0.25) is 10.0 Å². The van der Waals surface area contributed by atoms with Gasteiger partial charge < -0.3 is 10.1 Å². The zero-order valence-electron chi connectivity index (χ0n) is 14.7. The lowest BCUT2D eigenvalue weighted by atomic mass is 10.2. The fraction of sp³-hybridized carbons (Fsp3) is 0.316. The van der Waals surface area contributed by atoms with Crippen molar-refractivity contribution in [3.63, 3.8) is 0 Å². The van der Waals surface area contributed by atoms with Crippen molar-refractivity contribution in [2.24, 2.45) is 0 Å². The molecule has 0 aliphatic carbocycles. The van der Waals surface area contributed by atoms with Gasteiger partial charge in [0, 0.05) is 25.3 Å². The quantitative estimate of drug-likeness (QED) is 0.757. The molecule has 1 unspecified atom stereocenters. The van der Waals surface area contributed by atoms with E-state index in [9.17, 15) is 17.6 Å². The van der Waals surface area contributed by atoms with Crippen LogP contribution in [0.5, 0.6) is 0 Å². The average Bonchev–Trinajstić information content (AvgIpc) is 3.19. The number of rotatable bonds is 7. The summed E-state index contributed by atoms with van der Waals surface area (Å²) in [5.74, 6) is -0.649. The summed E-state index contributed by atoms with van der Waals surface area (Å²) in [6, 6.07) is 11.3. The number of halogens is 1. The lowest BCUT2D eigenvalue weighted by Gasteiger charge is -2.11. The molecule has 0 spiro atoms. The van der Waals surface area contributed by atoms with Crippen molar-refractivity contribution >= 4 is 15.9 Å². The molecule has 1 saturated heterocycles. The van der Waals surface area contributed by atoms with Crippen molar-refractivity contribution in [1.29, 1.82) is 0 Å². The molecule has 2 aromatic rings. The number of benzene rings is 2. The Bertz CT molecular complexity index is 877. The molecule has 0 aromatic heterocycles. The molecule has 0 radical (unpaired) electrons. The van der Waals surface area contributed by atoms with Gasteiger partial charge in [-0.05, 0) is 54.8 Å². The molecule has 0 saturated carbocycles. The Morgan fingerprint density at radius 2 is 1.81 bits per heavy atom. The van der Waals surface area contributed by atoms with E-state index in [-0.39, 0.29) is 29.3 Å². The molecular weight excluding hydrogens is 371 g/mol. The van der Waals surface area contributed by atoms with Crippen LogP contribution in [0, 0.1) is 5.82 Å². The monoisotopic (exact) mass is 392 g/mol. The van der Waals surface area contributed by atoms with E-state index in [0.29, 0.717) is 17.7 Å². The maximum atomic E-state index is 12.9. The molecule has 6 nitrogen and oxygen atoms in total. The molecule has 8 heteroatoms. The van der Waals surface area contributed by atoms with Crippen LogP contribution in [0.25, 0.3) is 0 Å². The van der Waals surface area contributed by atoms with Crippen molar-refractivity contribution in [2.45, 2.75) is 30.4 Å². The van der Waals surface area contributed by atoms with E-state index in [2.05, 4.69) is 10.0 Å². The molecule has 27 heavy (non-hydrogen) atoms. The molecule has 1 heterocycles. The van der Waals surface area contributed by atoms with E-state index < -0.39 is 10.0 Å². The van der Waals surface area contributed by atoms with Crippen LogP contribution < -0.4 is 10.0 Å². The predicted molar refractivity (Wildman–Crippen MR) is 98.2 cm³/mol. The Labute approximate surface area is 157 Å². The number of amides is 1. The Kier molecular flexibility index (Phi) is 6.20. The molecule has 1 fully saturated rings. The second kappa shape index (κ2) is 8.60. The predicted octanol–water partition coefficient (Wildman–Crippen LogP) is 2.21. The SMILES string of the molecule is O=C(NCC1CCCO1)c1ccc(S(=O)(=O)NCc2ccc(F)cc2)cc1. The third-order valence-corrected chi connectivity index (χ3v) is 5.74. The standard InChI is InChI=1S/C19H21FN2O4S/c20-16-7-3-14(4-8-16)12-22-27(24,25)18-9-5-15(6-10-18)19(23)21-13-17-2-1-11-26-17/h3-10,17,22H,1-2,11-13H2,(H,21,23). The second-order valence-corrected chi connectivity index (χ2v) is 8.09. The summed E-state index contributed by atoms with van der Waals surface area (Å²) in [4.78, 5) is 12.2. The Morgan fingerprint density at radius 1 is 1.11 bits per heavy atom. The number of ether oxygens (including phenoxy) is 1. The third-order valence-electron chi connectivity index (χ3n) is 4.32. The molecule has 2 N–H and O–H groups in total. The van der Waals surface area contributed by atoms with Crippen LogP contribution in [0.15, 0.2) is 53.4 Å². The maximum absolute atomic E-state index is 12.9. The van der Waals surface area contributed by atoms with Crippen LogP contribution in [0.4, 0.5) is 4.39 Å². The van der Waals surface area contributed by atoms with Gasteiger partial charge in [0.05, 0.1) is 11.0 Å².